The molecule has 2 aromatic rings. The van der Waals surface area contributed by atoms with Crippen molar-refractivity contribution < 1.29 is 29.2 Å². The Kier molecular flexibility index (Phi) is 2.63. The van der Waals surface area contributed by atoms with E-state index in [0.717, 1.165) is 10.8 Å². The van der Waals surface area contributed by atoms with Gasteiger partial charge in [0.2, 0.25) is 0 Å². The predicted octanol–water partition coefficient (Wildman–Crippen LogP) is 1.75. The van der Waals surface area contributed by atoms with Gasteiger partial charge in [0, 0.05) is 12.8 Å². The summed E-state index contributed by atoms with van der Waals surface area (Å²) in [5.41, 5.74) is 0. The maximum atomic E-state index is 12.6. The van der Waals surface area contributed by atoms with Crippen LogP contribution in [-0.4, -0.2) is 39.8 Å². The van der Waals surface area contributed by atoms with E-state index in [4.69, 9.17) is 14.2 Å². The van der Waals surface area contributed by atoms with E-state index >= 15 is 0 Å². The van der Waals surface area contributed by atoms with E-state index in [2.05, 4.69) is 0 Å². The number of Topliss-reactive ketones (excluding diaryl/α,β-unsaturated/α-hetero) is 1. The molecule has 134 valence electrons. The molecule has 1 saturated heterocycles. The van der Waals surface area contributed by atoms with Crippen LogP contribution in [0.3, 0.4) is 0 Å². The highest BCUT2D eigenvalue weighted by Crippen LogP contribution is 2.60. The van der Waals surface area contributed by atoms with Crippen LogP contribution in [0.25, 0.3) is 10.8 Å². The minimum atomic E-state index is -1.53. The Labute approximate surface area is 149 Å². The number of aliphatic hydroxyl groups excluding tert-OH is 1. The number of ketones is 1. The van der Waals surface area contributed by atoms with Crippen LogP contribution in [0.1, 0.15) is 19.3 Å². The quantitative estimate of drug-likeness (QED) is 0.750. The van der Waals surface area contributed by atoms with Gasteiger partial charge < -0.3 is 24.4 Å². The number of benzene rings is 2. The molecule has 2 bridgehead atoms. The van der Waals surface area contributed by atoms with Gasteiger partial charge in [0.25, 0.3) is 5.79 Å². The van der Waals surface area contributed by atoms with E-state index in [1.165, 1.54) is 0 Å². The lowest BCUT2D eigenvalue weighted by Gasteiger charge is -2.50. The van der Waals surface area contributed by atoms with E-state index in [0.29, 0.717) is 17.9 Å². The van der Waals surface area contributed by atoms with Gasteiger partial charge >= 0.3 is 0 Å². The highest BCUT2D eigenvalue weighted by Gasteiger charge is 2.76. The van der Waals surface area contributed by atoms with Gasteiger partial charge in [-0.3, -0.25) is 4.79 Å². The topological polar surface area (TPSA) is 85.2 Å². The van der Waals surface area contributed by atoms with Crippen molar-refractivity contribution in [3.05, 3.63) is 36.4 Å². The summed E-state index contributed by atoms with van der Waals surface area (Å²) in [5.74, 6) is -3.16. The van der Waals surface area contributed by atoms with Crippen molar-refractivity contribution in [3.8, 4) is 11.5 Å². The summed E-state index contributed by atoms with van der Waals surface area (Å²) in [7, 11) is 0. The molecule has 3 fully saturated rings. The van der Waals surface area contributed by atoms with Gasteiger partial charge in [-0.25, -0.2) is 0 Å². The number of rotatable bonds is 0. The lowest BCUT2D eigenvalue weighted by Crippen LogP contribution is -2.67. The molecule has 2 N–H and O–H groups in total. The Balaban J connectivity index is 1.57. The van der Waals surface area contributed by atoms with E-state index in [1.807, 2.05) is 36.4 Å². The Morgan fingerprint density at radius 3 is 2.46 bits per heavy atom. The minimum Gasteiger partial charge on any atom is -0.448 e. The molecule has 2 aromatic carbocycles. The predicted molar refractivity (Wildman–Crippen MR) is 89.6 cm³/mol. The zero-order valence-electron chi connectivity index (χ0n) is 13.9. The number of hydrogen-bond donors (Lipinski definition) is 2. The van der Waals surface area contributed by atoms with Gasteiger partial charge in [-0.15, -0.1) is 0 Å². The van der Waals surface area contributed by atoms with E-state index in [-0.39, 0.29) is 18.6 Å². The second-order valence-electron chi connectivity index (χ2n) is 7.77. The van der Waals surface area contributed by atoms with Crippen molar-refractivity contribution in [3.63, 3.8) is 0 Å². The van der Waals surface area contributed by atoms with Crippen molar-refractivity contribution in [2.45, 2.75) is 43.0 Å². The van der Waals surface area contributed by atoms with Crippen molar-refractivity contribution in [2.75, 3.05) is 0 Å². The molecule has 0 aromatic heterocycles. The molecular formula is C20H18O6. The molecule has 2 saturated carbocycles. The van der Waals surface area contributed by atoms with Crippen molar-refractivity contribution >= 4 is 16.6 Å². The van der Waals surface area contributed by atoms with Gasteiger partial charge in [0.05, 0.1) is 17.4 Å². The summed E-state index contributed by atoms with van der Waals surface area (Å²) in [4.78, 5) is 12.6. The Morgan fingerprint density at radius 1 is 1.08 bits per heavy atom. The standard InChI is InChI=1S/C20H18O6/c21-11-7-8-19(23)18-17(11)12(22)9-15(26-19)20(18)24-13-5-1-3-10-4-2-6-14(25-20)16(10)13/h1-6,11,15,17-18,21,23H,7-9H2/t11-,15-,17+,18-,19+/m0/s1. The second-order valence-corrected chi connectivity index (χ2v) is 7.77. The molecule has 5 atom stereocenters. The number of carbonyl (C=O) groups excluding carboxylic acids is 1. The highest BCUT2D eigenvalue weighted by atomic mass is 16.8. The lowest BCUT2D eigenvalue weighted by atomic mass is 9.64. The number of carbonyl (C=O) groups is 1. The van der Waals surface area contributed by atoms with Gasteiger partial charge in [0.1, 0.15) is 29.3 Å². The summed E-state index contributed by atoms with van der Waals surface area (Å²) < 4.78 is 18.6. The first-order valence-corrected chi connectivity index (χ1v) is 9.03. The number of aliphatic hydroxyl groups is 2. The first kappa shape index (κ1) is 15.0. The van der Waals surface area contributed by atoms with Gasteiger partial charge in [-0.2, -0.15) is 0 Å². The molecule has 2 aliphatic heterocycles. The zero-order chi connectivity index (χ0) is 17.7. The number of hydrogen-bond acceptors (Lipinski definition) is 6. The fourth-order valence-corrected chi connectivity index (χ4v) is 5.39. The maximum absolute atomic E-state index is 12.6. The number of ether oxygens (including phenoxy) is 3. The van der Waals surface area contributed by atoms with Gasteiger partial charge in [0.15, 0.2) is 5.79 Å². The van der Waals surface area contributed by atoms with Crippen LogP contribution in [0.4, 0.5) is 0 Å². The fraction of sp³-hybridized carbons (Fsp3) is 0.450. The highest BCUT2D eigenvalue weighted by molar-refractivity contribution is 5.94. The lowest BCUT2D eigenvalue weighted by molar-refractivity contribution is -0.247. The van der Waals surface area contributed by atoms with Crippen LogP contribution < -0.4 is 9.47 Å². The van der Waals surface area contributed by atoms with Crippen LogP contribution in [-0.2, 0) is 9.53 Å². The fourth-order valence-electron chi connectivity index (χ4n) is 5.39. The third-order valence-corrected chi connectivity index (χ3v) is 6.41. The van der Waals surface area contributed by atoms with Crippen molar-refractivity contribution in [2.24, 2.45) is 11.8 Å². The van der Waals surface area contributed by atoms with E-state index in [9.17, 15) is 15.0 Å². The molecule has 1 spiro atoms. The molecule has 2 heterocycles. The summed E-state index contributed by atoms with van der Waals surface area (Å²) >= 11 is 0. The Hall–Kier alpha value is -2.15. The van der Waals surface area contributed by atoms with Crippen LogP contribution in [0.2, 0.25) is 0 Å². The first-order valence-electron chi connectivity index (χ1n) is 9.03. The molecule has 0 unspecified atom stereocenters. The third-order valence-electron chi connectivity index (χ3n) is 6.41. The average Bonchev–Trinajstić information content (AvgIpc) is 2.78. The molecule has 0 radical (unpaired) electrons. The van der Waals surface area contributed by atoms with Crippen LogP contribution >= 0.6 is 0 Å². The summed E-state index contributed by atoms with van der Waals surface area (Å²) in [6.45, 7) is 0. The Bertz CT molecular complexity index is 914. The van der Waals surface area contributed by atoms with Crippen LogP contribution in [0.15, 0.2) is 36.4 Å². The van der Waals surface area contributed by atoms with Crippen molar-refractivity contribution in [1.29, 1.82) is 0 Å². The molecule has 2 aliphatic carbocycles. The molecular weight excluding hydrogens is 336 g/mol. The molecule has 4 aliphatic rings. The molecule has 26 heavy (non-hydrogen) atoms. The third kappa shape index (κ3) is 1.61. The monoisotopic (exact) mass is 354 g/mol. The largest absolute Gasteiger partial charge is 0.448 e. The molecule has 6 rings (SSSR count). The smallest absolute Gasteiger partial charge is 0.286 e. The second kappa shape index (κ2) is 4.57. The van der Waals surface area contributed by atoms with Crippen LogP contribution in [0, 0.1) is 11.8 Å². The van der Waals surface area contributed by atoms with E-state index in [1.54, 1.807) is 0 Å². The van der Waals surface area contributed by atoms with E-state index < -0.39 is 35.6 Å². The Morgan fingerprint density at radius 2 is 1.77 bits per heavy atom. The summed E-state index contributed by atoms with van der Waals surface area (Å²) in [6.07, 6.45) is -0.918. The molecule has 0 amide bonds. The summed E-state index contributed by atoms with van der Waals surface area (Å²) in [5, 5.41) is 23.5. The molecule has 6 nitrogen and oxygen atoms in total. The zero-order valence-corrected chi connectivity index (χ0v) is 13.9. The maximum Gasteiger partial charge on any atom is 0.286 e. The van der Waals surface area contributed by atoms with Crippen molar-refractivity contribution in [1.82, 2.24) is 0 Å². The summed E-state index contributed by atoms with van der Waals surface area (Å²) in [6, 6.07) is 11.5. The average molecular weight is 354 g/mol. The van der Waals surface area contributed by atoms with Gasteiger partial charge in [-0.1, -0.05) is 24.3 Å². The van der Waals surface area contributed by atoms with Crippen LogP contribution in [0.5, 0.6) is 11.5 Å². The first-order chi connectivity index (χ1) is 12.5. The van der Waals surface area contributed by atoms with Gasteiger partial charge in [-0.05, 0) is 23.9 Å². The normalized spacial score (nSPS) is 38.9. The SMILES string of the molecule is O=C1C[C@@H]2O[C@]3(O)CC[C@H](O)[C@H]1[C@@H]3C21Oc2cccc3cccc(c23)O1. The minimum absolute atomic E-state index is 0.0542. The molecule has 6 heteroatoms.